The summed E-state index contributed by atoms with van der Waals surface area (Å²) in [5, 5.41) is 13.4. The number of amides is 1. The highest BCUT2D eigenvalue weighted by molar-refractivity contribution is 6.35. The van der Waals surface area contributed by atoms with Crippen molar-refractivity contribution < 1.29 is 27.1 Å². The Morgan fingerprint density at radius 2 is 2.00 bits per heavy atom. The van der Waals surface area contributed by atoms with E-state index in [0.717, 1.165) is 13.0 Å². The zero-order chi connectivity index (χ0) is 24.8. The molecule has 7 nitrogen and oxygen atoms in total. The van der Waals surface area contributed by atoms with Crippen molar-refractivity contribution in [3.05, 3.63) is 69.4 Å². The molecule has 0 spiro atoms. The van der Waals surface area contributed by atoms with Crippen LogP contribution in [0.4, 0.5) is 17.6 Å². The molecule has 0 saturated heterocycles. The van der Waals surface area contributed by atoms with E-state index < -0.39 is 24.0 Å². The number of aryl methyl sites for hydroxylation is 1. The Hall–Kier alpha value is -3.65. The number of hydrogen-bond donors (Lipinski definition) is 0. The maximum Gasteiger partial charge on any atom is 0.425 e. The van der Waals surface area contributed by atoms with Crippen molar-refractivity contribution in [3.8, 4) is 17.6 Å². The van der Waals surface area contributed by atoms with Crippen LogP contribution in [0.1, 0.15) is 39.8 Å². The van der Waals surface area contributed by atoms with Gasteiger partial charge in [-0.3, -0.25) is 4.79 Å². The standard InChI is InChI=1S/C22H16ClF4N5O2/c1-11-15(24)4-6-18(29-11)32-9-14-8-31(10-16(14)30-32)21(33)19-17(34-12(2)22(25,26)27)5-3-13(7-28)20(19)23/h3-6,9,12H,8,10H2,1-2H3/t12-/m0/s1. The Kier molecular flexibility index (Phi) is 5.95. The number of benzene rings is 1. The average molecular weight is 494 g/mol. The maximum atomic E-state index is 13.5. The molecule has 0 unspecified atom stereocenters. The quantitative estimate of drug-likeness (QED) is 0.491. The molecule has 34 heavy (non-hydrogen) atoms. The van der Waals surface area contributed by atoms with E-state index in [4.69, 9.17) is 16.3 Å². The molecule has 2 aromatic heterocycles. The van der Waals surface area contributed by atoms with Gasteiger partial charge in [-0.25, -0.2) is 14.1 Å². The number of pyridine rings is 1. The predicted molar refractivity (Wildman–Crippen MR) is 112 cm³/mol. The highest BCUT2D eigenvalue weighted by Gasteiger charge is 2.39. The number of alkyl halides is 3. The van der Waals surface area contributed by atoms with Crippen LogP contribution in [0.2, 0.25) is 5.02 Å². The van der Waals surface area contributed by atoms with E-state index in [0.29, 0.717) is 17.1 Å². The number of aromatic nitrogens is 3. The van der Waals surface area contributed by atoms with E-state index in [2.05, 4.69) is 10.1 Å². The predicted octanol–water partition coefficient (Wildman–Crippen LogP) is 4.73. The van der Waals surface area contributed by atoms with Gasteiger partial charge in [-0.15, -0.1) is 0 Å². The van der Waals surface area contributed by atoms with Crippen molar-refractivity contribution in [1.29, 1.82) is 5.26 Å². The van der Waals surface area contributed by atoms with Gasteiger partial charge in [-0.2, -0.15) is 23.5 Å². The Labute approximate surface area is 196 Å². The molecule has 12 heteroatoms. The number of halogens is 5. The number of ether oxygens (including phenoxy) is 1. The van der Waals surface area contributed by atoms with Gasteiger partial charge in [0.25, 0.3) is 5.91 Å². The molecule has 0 aliphatic carbocycles. The molecule has 0 radical (unpaired) electrons. The fourth-order valence-electron chi connectivity index (χ4n) is 3.43. The van der Waals surface area contributed by atoms with Gasteiger partial charge in [0, 0.05) is 18.3 Å². The molecule has 0 N–H and O–H groups in total. The van der Waals surface area contributed by atoms with Gasteiger partial charge in [0.15, 0.2) is 11.9 Å². The van der Waals surface area contributed by atoms with Gasteiger partial charge in [0.05, 0.1) is 28.5 Å². The molecule has 3 heterocycles. The number of hydrogen-bond acceptors (Lipinski definition) is 5. The lowest BCUT2D eigenvalue weighted by Crippen LogP contribution is -2.33. The molecule has 0 fully saturated rings. The normalized spacial score (nSPS) is 14.0. The van der Waals surface area contributed by atoms with Crippen LogP contribution in [0.5, 0.6) is 5.75 Å². The fourth-order valence-corrected chi connectivity index (χ4v) is 3.71. The largest absolute Gasteiger partial charge is 0.480 e. The van der Waals surface area contributed by atoms with Crippen molar-refractivity contribution in [2.24, 2.45) is 0 Å². The van der Waals surface area contributed by atoms with E-state index >= 15 is 0 Å². The van der Waals surface area contributed by atoms with Crippen LogP contribution in [0.25, 0.3) is 5.82 Å². The summed E-state index contributed by atoms with van der Waals surface area (Å²) in [5.74, 6) is -1.13. The summed E-state index contributed by atoms with van der Waals surface area (Å²) < 4.78 is 59.1. The van der Waals surface area contributed by atoms with Gasteiger partial charge < -0.3 is 9.64 Å². The monoisotopic (exact) mass is 493 g/mol. The van der Waals surface area contributed by atoms with Gasteiger partial charge in [0.1, 0.15) is 23.2 Å². The Morgan fingerprint density at radius 3 is 2.62 bits per heavy atom. The minimum absolute atomic E-state index is 0.0444. The molecule has 4 rings (SSSR count). The third kappa shape index (κ3) is 4.28. The highest BCUT2D eigenvalue weighted by Crippen LogP contribution is 2.35. The van der Waals surface area contributed by atoms with Crippen molar-refractivity contribution in [2.75, 3.05) is 0 Å². The molecule has 1 aliphatic rings. The average Bonchev–Trinajstić information content (AvgIpc) is 3.34. The summed E-state index contributed by atoms with van der Waals surface area (Å²) >= 11 is 6.21. The number of nitrogens with zero attached hydrogens (tertiary/aromatic N) is 5. The zero-order valence-corrected chi connectivity index (χ0v) is 18.6. The van der Waals surface area contributed by atoms with Crippen LogP contribution in [0, 0.1) is 24.1 Å². The smallest absolute Gasteiger partial charge is 0.425 e. The first-order chi connectivity index (χ1) is 16.0. The van der Waals surface area contributed by atoms with E-state index in [1.165, 1.54) is 34.7 Å². The molecule has 1 aliphatic heterocycles. The summed E-state index contributed by atoms with van der Waals surface area (Å²) in [5.41, 5.74) is 1.02. The van der Waals surface area contributed by atoms with Crippen molar-refractivity contribution in [1.82, 2.24) is 19.7 Å². The number of rotatable bonds is 4. The maximum absolute atomic E-state index is 13.5. The first-order valence-corrected chi connectivity index (χ1v) is 10.3. The minimum Gasteiger partial charge on any atom is -0.480 e. The van der Waals surface area contributed by atoms with Crippen LogP contribution < -0.4 is 4.74 Å². The van der Waals surface area contributed by atoms with E-state index in [1.807, 2.05) is 6.07 Å². The van der Waals surface area contributed by atoms with Crippen molar-refractivity contribution >= 4 is 17.5 Å². The van der Waals surface area contributed by atoms with Gasteiger partial charge in [0.2, 0.25) is 0 Å². The number of nitriles is 1. The molecular weight excluding hydrogens is 478 g/mol. The molecule has 1 amide bonds. The van der Waals surface area contributed by atoms with Crippen molar-refractivity contribution in [3.63, 3.8) is 0 Å². The molecule has 0 bridgehead atoms. The van der Waals surface area contributed by atoms with E-state index in [1.54, 1.807) is 6.20 Å². The zero-order valence-electron chi connectivity index (χ0n) is 17.8. The second kappa shape index (κ2) is 8.61. The lowest BCUT2D eigenvalue weighted by atomic mass is 10.1. The number of carbonyl (C=O) groups is 1. The lowest BCUT2D eigenvalue weighted by Gasteiger charge is -2.23. The summed E-state index contributed by atoms with van der Waals surface area (Å²) in [7, 11) is 0. The number of fused-ring (bicyclic) bond motifs is 1. The van der Waals surface area contributed by atoms with E-state index in [9.17, 15) is 27.6 Å². The summed E-state index contributed by atoms with van der Waals surface area (Å²) in [6.45, 7) is 2.47. The number of carbonyl (C=O) groups excluding carboxylic acids is 1. The molecule has 176 valence electrons. The molecular formula is C22H16ClF4N5O2. The second-order valence-electron chi connectivity index (χ2n) is 7.66. The van der Waals surface area contributed by atoms with Crippen LogP contribution in [-0.2, 0) is 13.1 Å². The van der Waals surface area contributed by atoms with Crippen LogP contribution in [0.15, 0.2) is 30.5 Å². The topological polar surface area (TPSA) is 84.0 Å². The lowest BCUT2D eigenvalue weighted by molar-refractivity contribution is -0.189. The summed E-state index contributed by atoms with van der Waals surface area (Å²) in [4.78, 5) is 18.7. The van der Waals surface area contributed by atoms with E-state index in [-0.39, 0.29) is 40.7 Å². The van der Waals surface area contributed by atoms with Crippen LogP contribution in [-0.4, -0.2) is 37.9 Å². The first kappa shape index (κ1) is 23.5. The fraction of sp³-hybridized carbons (Fsp3) is 0.273. The van der Waals surface area contributed by atoms with Crippen molar-refractivity contribution in [2.45, 2.75) is 39.2 Å². The highest BCUT2D eigenvalue weighted by atomic mass is 35.5. The van der Waals surface area contributed by atoms with Gasteiger partial charge >= 0.3 is 6.18 Å². The minimum atomic E-state index is -4.67. The first-order valence-electron chi connectivity index (χ1n) is 9.95. The SMILES string of the molecule is Cc1nc(-n2cc3c(n2)CN(C(=O)c2c(O[C@@H](C)C(F)(F)F)ccc(C#N)c2Cl)C3)ccc1F. The third-order valence-corrected chi connectivity index (χ3v) is 5.70. The summed E-state index contributed by atoms with van der Waals surface area (Å²) in [6, 6.07) is 6.86. The molecule has 3 aromatic rings. The Morgan fingerprint density at radius 1 is 1.26 bits per heavy atom. The third-order valence-electron chi connectivity index (χ3n) is 5.31. The molecule has 0 saturated carbocycles. The Bertz CT molecular complexity index is 1310. The van der Waals surface area contributed by atoms with Gasteiger partial charge in [-0.1, -0.05) is 11.6 Å². The summed E-state index contributed by atoms with van der Waals surface area (Å²) in [6.07, 6.45) is -5.23. The molecule has 1 atom stereocenters. The second-order valence-corrected chi connectivity index (χ2v) is 8.04. The van der Waals surface area contributed by atoms with Crippen LogP contribution in [0.3, 0.4) is 0 Å². The van der Waals surface area contributed by atoms with Crippen LogP contribution >= 0.6 is 11.6 Å². The van der Waals surface area contributed by atoms with Gasteiger partial charge in [-0.05, 0) is 38.1 Å². The molecule has 1 aromatic carbocycles. The Balaban J connectivity index is 1.62.